The van der Waals surface area contributed by atoms with E-state index >= 15 is 0 Å². The van der Waals surface area contributed by atoms with E-state index < -0.39 is 0 Å². The predicted molar refractivity (Wildman–Crippen MR) is 56.9 cm³/mol. The van der Waals surface area contributed by atoms with E-state index in [1.165, 1.54) is 45.2 Å². The molecule has 1 atom stereocenters. The zero-order chi connectivity index (χ0) is 9.80. The first-order chi connectivity index (χ1) is 6.90. The van der Waals surface area contributed by atoms with E-state index in [4.69, 9.17) is 10.5 Å². The summed E-state index contributed by atoms with van der Waals surface area (Å²) >= 11 is 0. The Labute approximate surface area is 86.6 Å². The summed E-state index contributed by atoms with van der Waals surface area (Å²) < 4.78 is 5.78. The van der Waals surface area contributed by atoms with Crippen LogP contribution in [-0.2, 0) is 4.74 Å². The van der Waals surface area contributed by atoms with Crippen molar-refractivity contribution >= 4 is 0 Å². The van der Waals surface area contributed by atoms with Crippen LogP contribution in [0.2, 0.25) is 0 Å². The third kappa shape index (κ3) is 2.47. The maximum absolute atomic E-state index is 5.78. The number of ether oxygens (including phenoxy) is 1. The lowest BCUT2D eigenvalue weighted by molar-refractivity contribution is -0.0955. The molecule has 2 fully saturated rings. The van der Waals surface area contributed by atoms with Gasteiger partial charge in [-0.25, -0.2) is 0 Å². The van der Waals surface area contributed by atoms with Crippen molar-refractivity contribution in [2.24, 2.45) is 11.7 Å². The van der Waals surface area contributed by atoms with Crippen LogP contribution in [-0.4, -0.2) is 37.4 Å². The molecule has 0 amide bonds. The maximum Gasteiger partial charge on any atom is 0.110 e. The van der Waals surface area contributed by atoms with E-state index in [2.05, 4.69) is 4.90 Å². The van der Waals surface area contributed by atoms with Crippen LogP contribution >= 0.6 is 0 Å². The summed E-state index contributed by atoms with van der Waals surface area (Å²) in [7, 11) is 0. The third-order valence-electron chi connectivity index (χ3n) is 3.55. The van der Waals surface area contributed by atoms with Gasteiger partial charge >= 0.3 is 0 Å². The largest absolute Gasteiger partial charge is 0.363 e. The van der Waals surface area contributed by atoms with E-state index in [1.54, 1.807) is 0 Å². The van der Waals surface area contributed by atoms with Crippen molar-refractivity contribution in [1.29, 1.82) is 0 Å². The number of nitrogens with zero attached hydrogens (tertiary/aromatic N) is 1. The lowest BCUT2D eigenvalue weighted by Crippen LogP contribution is -2.45. The second-order valence-electron chi connectivity index (χ2n) is 4.54. The van der Waals surface area contributed by atoms with Crippen LogP contribution in [0.25, 0.3) is 0 Å². The molecule has 82 valence electrons. The Morgan fingerprint density at radius 1 is 1.14 bits per heavy atom. The van der Waals surface area contributed by atoms with E-state index in [-0.39, 0.29) is 0 Å². The van der Waals surface area contributed by atoms with Crippen LogP contribution in [0, 0.1) is 5.92 Å². The van der Waals surface area contributed by atoms with Crippen LogP contribution < -0.4 is 5.73 Å². The number of piperidine rings is 1. The Hall–Kier alpha value is -0.120. The van der Waals surface area contributed by atoms with Gasteiger partial charge in [-0.3, -0.25) is 4.90 Å². The minimum atomic E-state index is 0.419. The van der Waals surface area contributed by atoms with Crippen molar-refractivity contribution < 1.29 is 4.74 Å². The highest BCUT2D eigenvalue weighted by atomic mass is 16.5. The van der Waals surface area contributed by atoms with Crippen molar-refractivity contribution in [2.75, 3.05) is 26.2 Å². The SMILES string of the molecule is NCC1CCN(C2CCCCO2)CC1. The summed E-state index contributed by atoms with van der Waals surface area (Å²) in [5.74, 6) is 0.759. The van der Waals surface area contributed by atoms with Gasteiger partial charge in [0.15, 0.2) is 0 Å². The number of hydrogen-bond donors (Lipinski definition) is 1. The fourth-order valence-corrected chi connectivity index (χ4v) is 2.49. The predicted octanol–water partition coefficient (Wildman–Crippen LogP) is 1.18. The molecule has 0 aliphatic carbocycles. The van der Waals surface area contributed by atoms with Gasteiger partial charge in [0.2, 0.25) is 0 Å². The molecule has 0 aromatic heterocycles. The third-order valence-corrected chi connectivity index (χ3v) is 3.55. The van der Waals surface area contributed by atoms with Gasteiger partial charge in [-0.15, -0.1) is 0 Å². The second-order valence-corrected chi connectivity index (χ2v) is 4.54. The molecule has 2 rings (SSSR count). The lowest BCUT2D eigenvalue weighted by atomic mass is 9.96. The zero-order valence-electron chi connectivity index (χ0n) is 8.95. The van der Waals surface area contributed by atoms with E-state index in [0.717, 1.165) is 19.1 Å². The number of rotatable bonds is 2. The highest BCUT2D eigenvalue weighted by Crippen LogP contribution is 2.23. The van der Waals surface area contributed by atoms with Crippen molar-refractivity contribution in [3.05, 3.63) is 0 Å². The van der Waals surface area contributed by atoms with Crippen LogP contribution in [0.15, 0.2) is 0 Å². The summed E-state index contributed by atoms with van der Waals surface area (Å²) in [4.78, 5) is 2.51. The smallest absolute Gasteiger partial charge is 0.110 e. The molecule has 2 N–H and O–H groups in total. The molecule has 2 aliphatic heterocycles. The van der Waals surface area contributed by atoms with Crippen LogP contribution in [0.5, 0.6) is 0 Å². The molecule has 3 heteroatoms. The normalized spacial score (nSPS) is 31.9. The van der Waals surface area contributed by atoms with E-state index in [1.807, 2.05) is 0 Å². The molecule has 2 aliphatic rings. The van der Waals surface area contributed by atoms with Crippen molar-refractivity contribution in [3.8, 4) is 0 Å². The molecular weight excluding hydrogens is 176 g/mol. The fraction of sp³-hybridized carbons (Fsp3) is 1.00. The van der Waals surface area contributed by atoms with E-state index in [0.29, 0.717) is 6.23 Å². The Morgan fingerprint density at radius 2 is 1.93 bits per heavy atom. The highest BCUT2D eigenvalue weighted by Gasteiger charge is 2.25. The first-order valence-electron chi connectivity index (χ1n) is 5.96. The summed E-state index contributed by atoms with van der Waals surface area (Å²) in [6, 6.07) is 0. The molecule has 0 bridgehead atoms. The van der Waals surface area contributed by atoms with Gasteiger partial charge in [0, 0.05) is 19.7 Å². The highest BCUT2D eigenvalue weighted by molar-refractivity contribution is 4.76. The number of hydrogen-bond acceptors (Lipinski definition) is 3. The molecule has 0 radical (unpaired) electrons. The van der Waals surface area contributed by atoms with Gasteiger partial charge in [0.25, 0.3) is 0 Å². The maximum atomic E-state index is 5.78. The molecular formula is C11H22N2O. The molecule has 2 heterocycles. The quantitative estimate of drug-likeness (QED) is 0.724. The average Bonchev–Trinajstić information content (AvgIpc) is 2.30. The van der Waals surface area contributed by atoms with Gasteiger partial charge in [-0.2, -0.15) is 0 Å². The Balaban J connectivity index is 1.76. The Morgan fingerprint density at radius 3 is 2.50 bits per heavy atom. The summed E-state index contributed by atoms with van der Waals surface area (Å²) in [6.07, 6.45) is 6.75. The second kappa shape index (κ2) is 5.10. The molecule has 0 saturated carbocycles. The first-order valence-corrected chi connectivity index (χ1v) is 5.96. The molecule has 0 aromatic carbocycles. The summed E-state index contributed by atoms with van der Waals surface area (Å²) in [6.45, 7) is 4.19. The fourth-order valence-electron chi connectivity index (χ4n) is 2.49. The number of nitrogens with two attached hydrogens (primary N) is 1. The van der Waals surface area contributed by atoms with Gasteiger partial charge < -0.3 is 10.5 Å². The number of likely N-dealkylation sites (tertiary alicyclic amines) is 1. The van der Waals surface area contributed by atoms with E-state index in [9.17, 15) is 0 Å². The molecule has 1 unspecified atom stereocenters. The van der Waals surface area contributed by atoms with Gasteiger partial charge in [-0.1, -0.05) is 0 Å². The first kappa shape index (κ1) is 10.4. The lowest BCUT2D eigenvalue weighted by Gasteiger charge is -2.38. The zero-order valence-corrected chi connectivity index (χ0v) is 8.95. The molecule has 3 nitrogen and oxygen atoms in total. The standard InChI is InChI=1S/C11H22N2O/c12-9-10-4-6-13(7-5-10)11-3-1-2-8-14-11/h10-11H,1-9,12H2. The molecule has 0 spiro atoms. The Kier molecular flexibility index (Phi) is 3.79. The van der Waals surface area contributed by atoms with Crippen molar-refractivity contribution in [2.45, 2.75) is 38.3 Å². The monoisotopic (exact) mass is 198 g/mol. The van der Waals surface area contributed by atoms with Gasteiger partial charge in [0.05, 0.1) is 0 Å². The van der Waals surface area contributed by atoms with Crippen molar-refractivity contribution in [3.63, 3.8) is 0 Å². The Bertz CT molecular complexity index is 161. The summed E-state index contributed by atoms with van der Waals surface area (Å²) in [5, 5.41) is 0. The average molecular weight is 198 g/mol. The van der Waals surface area contributed by atoms with Crippen LogP contribution in [0.4, 0.5) is 0 Å². The topological polar surface area (TPSA) is 38.5 Å². The van der Waals surface area contributed by atoms with Crippen LogP contribution in [0.1, 0.15) is 32.1 Å². The molecule has 14 heavy (non-hydrogen) atoms. The van der Waals surface area contributed by atoms with Crippen LogP contribution in [0.3, 0.4) is 0 Å². The summed E-state index contributed by atoms with van der Waals surface area (Å²) in [5.41, 5.74) is 5.68. The molecule has 0 aromatic rings. The minimum Gasteiger partial charge on any atom is -0.363 e. The van der Waals surface area contributed by atoms with Gasteiger partial charge in [0.1, 0.15) is 6.23 Å². The minimum absolute atomic E-state index is 0.419. The van der Waals surface area contributed by atoms with Gasteiger partial charge in [-0.05, 0) is 44.6 Å². The van der Waals surface area contributed by atoms with Crippen molar-refractivity contribution in [1.82, 2.24) is 4.90 Å². The molecule has 2 saturated heterocycles.